The lowest BCUT2D eigenvalue weighted by Crippen LogP contribution is -2.24. The number of anilines is 1. The molecule has 1 N–H and O–H groups in total. The maximum absolute atomic E-state index is 11.0. The average molecular weight is 321 g/mol. The zero-order valence-corrected chi connectivity index (χ0v) is 13.9. The molecule has 22 heavy (non-hydrogen) atoms. The van der Waals surface area contributed by atoms with Crippen LogP contribution in [-0.2, 0) is 17.6 Å². The van der Waals surface area contributed by atoms with Crippen LogP contribution in [0.15, 0.2) is 5.03 Å². The largest absolute Gasteiger partial charge is 0.481 e. The fourth-order valence-electron chi connectivity index (χ4n) is 2.90. The summed E-state index contributed by atoms with van der Waals surface area (Å²) in [5.41, 5.74) is 1.23. The summed E-state index contributed by atoms with van der Waals surface area (Å²) in [6.45, 7) is 0. The van der Waals surface area contributed by atoms with Gasteiger partial charge >= 0.3 is 5.97 Å². The van der Waals surface area contributed by atoms with Crippen molar-refractivity contribution in [2.24, 2.45) is 0 Å². The summed E-state index contributed by atoms with van der Waals surface area (Å²) >= 11 is 1.77. The van der Waals surface area contributed by atoms with E-state index in [4.69, 9.17) is 5.11 Å². The average Bonchev–Trinajstić information content (AvgIpc) is 3.29. The molecular weight excluding hydrogens is 298 g/mol. The number of rotatable bonds is 4. The third-order valence-electron chi connectivity index (χ3n) is 4.29. The van der Waals surface area contributed by atoms with Crippen molar-refractivity contribution < 1.29 is 9.90 Å². The molecule has 1 aromatic heterocycles. The zero-order valence-electron chi connectivity index (χ0n) is 13.0. The Labute approximate surface area is 135 Å². The summed E-state index contributed by atoms with van der Waals surface area (Å²) < 4.78 is 0. The Morgan fingerprint density at radius 3 is 2.77 bits per heavy atom. The van der Waals surface area contributed by atoms with Crippen molar-refractivity contribution in [3.05, 3.63) is 11.4 Å². The monoisotopic (exact) mass is 321 g/mol. The van der Waals surface area contributed by atoms with Gasteiger partial charge in [0.25, 0.3) is 0 Å². The van der Waals surface area contributed by atoms with Crippen LogP contribution in [-0.4, -0.2) is 39.9 Å². The Hall–Kier alpha value is -1.30. The summed E-state index contributed by atoms with van der Waals surface area (Å²) in [4.78, 5) is 22.5. The Morgan fingerprint density at radius 2 is 2.05 bits per heavy atom. The molecule has 120 valence electrons. The number of hydrogen-bond donors (Lipinski definition) is 1. The van der Waals surface area contributed by atoms with Crippen molar-refractivity contribution in [1.29, 1.82) is 0 Å². The van der Waals surface area contributed by atoms with Gasteiger partial charge in [0.1, 0.15) is 23.1 Å². The Bertz CT molecular complexity index is 561. The van der Waals surface area contributed by atoms with Crippen LogP contribution in [0.4, 0.5) is 5.82 Å². The van der Waals surface area contributed by atoms with Gasteiger partial charge in [-0.05, 0) is 37.9 Å². The number of thioether (sulfide) groups is 1. The molecule has 1 aliphatic heterocycles. The summed E-state index contributed by atoms with van der Waals surface area (Å²) in [5, 5.41) is 10.1. The minimum Gasteiger partial charge on any atom is -0.481 e. The third kappa shape index (κ3) is 3.72. The van der Waals surface area contributed by atoms with E-state index in [-0.39, 0.29) is 6.42 Å². The molecule has 0 radical (unpaired) electrons. The molecule has 0 amide bonds. The van der Waals surface area contributed by atoms with Crippen LogP contribution < -0.4 is 4.90 Å². The topological polar surface area (TPSA) is 66.3 Å². The van der Waals surface area contributed by atoms with E-state index in [2.05, 4.69) is 21.9 Å². The molecular formula is C16H23N3O2S. The molecule has 0 atom stereocenters. The maximum Gasteiger partial charge on any atom is 0.311 e. The molecule has 6 heteroatoms. The Kier molecular flexibility index (Phi) is 4.86. The van der Waals surface area contributed by atoms with Crippen molar-refractivity contribution in [3.63, 3.8) is 0 Å². The van der Waals surface area contributed by atoms with E-state index in [0.717, 1.165) is 23.0 Å². The van der Waals surface area contributed by atoms with Crippen molar-refractivity contribution in [3.8, 4) is 0 Å². The molecule has 1 aromatic rings. The number of hydrogen-bond acceptors (Lipinski definition) is 5. The second-order valence-corrected chi connectivity index (χ2v) is 7.26. The molecule has 1 aliphatic carbocycles. The summed E-state index contributed by atoms with van der Waals surface area (Å²) in [6.07, 6.45) is 8.21. The lowest BCUT2D eigenvalue weighted by Gasteiger charge is -2.23. The molecule has 2 aliphatic rings. The van der Waals surface area contributed by atoms with E-state index < -0.39 is 5.97 Å². The summed E-state index contributed by atoms with van der Waals surface area (Å²) in [7, 11) is 2.09. The highest BCUT2D eigenvalue weighted by molar-refractivity contribution is 7.99. The van der Waals surface area contributed by atoms with E-state index in [1.807, 2.05) is 0 Å². The van der Waals surface area contributed by atoms with Gasteiger partial charge < -0.3 is 10.0 Å². The van der Waals surface area contributed by atoms with Crippen molar-refractivity contribution in [1.82, 2.24) is 9.97 Å². The minimum atomic E-state index is -0.868. The minimum absolute atomic E-state index is 0.0979. The summed E-state index contributed by atoms with van der Waals surface area (Å²) in [5.74, 6) is 1.61. The molecule has 5 nitrogen and oxygen atoms in total. The number of nitrogens with zero attached hydrogens (tertiary/aromatic N) is 3. The molecule has 3 rings (SSSR count). The fraction of sp³-hybridized carbons (Fsp3) is 0.688. The molecule has 1 fully saturated rings. The molecule has 0 spiro atoms. The second kappa shape index (κ2) is 6.86. The van der Waals surface area contributed by atoms with Gasteiger partial charge in [-0.2, -0.15) is 0 Å². The van der Waals surface area contributed by atoms with Gasteiger partial charge in [-0.25, -0.2) is 9.97 Å². The number of aromatic nitrogens is 2. The van der Waals surface area contributed by atoms with Gasteiger partial charge in [-0.1, -0.05) is 12.8 Å². The number of carbonyl (C=O) groups is 1. The van der Waals surface area contributed by atoms with Crippen LogP contribution in [0.25, 0.3) is 0 Å². The van der Waals surface area contributed by atoms with Gasteiger partial charge in [0.15, 0.2) is 0 Å². The van der Waals surface area contributed by atoms with Crippen molar-refractivity contribution in [2.75, 3.05) is 17.7 Å². The number of carboxylic acid groups (broad SMARTS) is 1. The molecule has 1 saturated carbocycles. The van der Waals surface area contributed by atoms with E-state index in [9.17, 15) is 4.79 Å². The fourth-order valence-corrected chi connectivity index (χ4v) is 3.98. The second-order valence-electron chi connectivity index (χ2n) is 6.17. The SMILES string of the molecule is CN(c1nc(CC(=O)O)nc2c1CCCCCCS2)C1CC1. The van der Waals surface area contributed by atoms with Gasteiger partial charge in [0.05, 0.1) is 0 Å². The Balaban J connectivity index is 1.99. The normalized spacial score (nSPS) is 18.8. The van der Waals surface area contributed by atoms with Gasteiger partial charge in [-0.3, -0.25) is 4.79 Å². The first kappa shape index (κ1) is 15.6. The highest BCUT2D eigenvalue weighted by atomic mass is 32.2. The number of fused-ring (bicyclic) bond motifs is 1. The van der Waals surface area contributed by atoms with E-state index in [0.29, 0.717) is 11.9 Å². The molecule has 0 bridgehead atoms. The van der Waals surface area contributed by atoms with Gasteiger partial charge in [-0.15, -0.1) is 11.8 Å². The quantitative estimate of drug-likeness (QED) is 0.860. The standard InChI is InChI=1S/C16H23N3O2S/c1-19(11-7-8-11)15-12-6-4-2-3-5-9-22-16(12)18-13(17-15)10-14(20)21/h11H,2-10H2,1H3,(H,20,21). The smallest absolute Gasteiger partial charge is 0.311 e. The van der Waals surface area contributed by atoms with Crippen LogP contribution in [0.1, 0.15) is 49.9 Å². The van der Waals surface area contributed by atoms with E-state index >= 15 is 0 Å². The van der Waals surface area contributed by atoms with Gasteiger partial charge in [0, 0.05) is 18.7 Å². The molecule has 0 aromatic carbocycles. The van der Waals surface area contributed by atoms with Crippen LogP contribution in [0, 0.1) is 0 Å². The van der Waals surface area contributed by atoms with Crippen LogP contribution in [0.3, 0.4) is 0 Å². The first-order chi connectivity index (χ1) is 10.6. The first-order valence-corrected chi connectivity index (χ1v) is 9.11. The molecule has 0 saturated heterocycles. The Morgan fingerprint density at radius 1 is 1.27 bits per heavy atom. The van der Waals surface area contributed by atoms with Gasteiger partial charge in [0.2, 0.25) is 0 Å². The van der Waals surface area contributed by atoms with Crippen LogP contribution in [0.5, 0.6) is 0 Å². The number of carboxylic acids is 1. The molecule has 2 heterocycles. The lowest BCUT2D eigenvalue weighted by atomic mass is 10.1. The first-order valence-electron chi connectivity index (χ1n) is 8.12. The maximum atomic E-state index is 11.0. The summed E-state index contributed by atoms with van der Waals surface area (Å²) in [6, 6.07) is 0.564. The van der Waals surface area contributed by atoms with E-state index in [1.54, 1.807) is 11.8 Å². The molecule has 0 unspecified atom stereocenters. The van der Waals surface area contributed by atoms with Crippen LogP contribution in [0.2, 0.25) is 0 Å². The highest BCUT2D eigenvalue weighted by Crippen LogP contribution is 2.36. The van der Waals surface area contributed by atoms with Crippen molar-refractivity contribution >= 4 is 23.5 Å². The number of aliphatic carboxylic acids is 1. The third-order valence-corrected chi connectivity index (χ3v) is 5.40. The highest BCUT2D eigenvalue weighted by Gasteiger charge is 2.30. The van der Waals surface area contributed by atoms with Crippen LogP contribution >= 0.6 is 11.8 Å². The zero-order chi connectivity index (χ0) is 15.5. The van der Waals surface area contributed by atoms with Crippen molar-refractivity contribution in [2.45, 2.75) is 62.4 Å². The lowest BCUT2D eigenvalue weighted by molar-refractivity contribution is -0.136. The predicted molar refractivity (Wildman–Crippen MR) is 87.7 cm³/mol. The van der Waals surface area contributed by atoms with E-state index in [1.165, 1.54) is 44.1 Å². The predicted octanol–water partition coefficient (Wildman–Crippen LogP) is 2.91.